The second kappa shape index (κ2) is 9.36. The van der Waals surface area contributed by atoms with E-state index in [1.807, 2.05) is 24.3 Å². The average molecular weight is 515 g/mol. The molecule has 0 radical (unpaired) electrons. The summed E-state index contributed by atoms with van der Waals surface area (Å²) in [4.78, 5) is 34.0. The van der Waals surface area contributed by atoms with Gasteiger partial charge in [0.1, 0.15) is 5.15 Å². The second-order valence-electron chi connectivity index (χ2n) is 8.33. The van der Waals surface area contributed by atoms with E-state index in [0.717, 1.165) is 34.6 Å². The van der Waals surface area contributed by atoms with Gasteiger partial charge in [-0.15, -0.1) is 0 Å². The molecular formula is C25H18ClF3N4O3. The Labute approximate surface area is 208 Å². The third kappa shape index (κ3) is 4.82. The number of benzene rings is 1. The Hall–Kier alpha value is -3.76. The van der Waals surface area contributed by atoms with E-state index in [9.17, 15) is 22.8 Å². The van der Waals surface area contributed by atoms with Crippen molar-refractivity contribution in [2.45, 2.75) is 25.8 Å². The van der Waals surface area contributed by atoms with Gasteiger partial charge in [0.2, 0.25) is 0 Å². The number of aromatic nitrogens is 3. The third-order valence-corrected chi connectivity index (χ3v) is 6.17. The summed E-state index contributed by atoms with van der Waals surface area (Å²) in [5.74, 6) is -3.88. The predicted molar refractivity (Wildman–Crippen MR) is 125 cm³/mol. The molecule has 0 bridgehead atoms. The Balaban J connectivity index is 1.35. The maximum atomic E-state index is 12.4. The molecule has 0 unspecified atom stereocenters. The lowest BCUT2D eigenvalue weighted by Crippen LogP contribution is -2.33. The maximum absolute atomic E-state index is 12.4. The molecule has 0 saturated carbocycles. The number of halogens is 4. The molecule has 36 heavy (non-hydrogen) atoms. The summed E-state index contributed by atoms with van der Waals surface area (Å²) in [6.07, 6.45) is -1.82. The largest absolute Gasteiger partial charge is 0.491 e. The van der Waals surface area contributed by atoms with Gasteiger partial charge in [0, 0.05) is 60.7 Å². The van der Waals surface area contributed by atoms with Gasteiger partial charge in [0.15, 0.2) is 0 Å². The van der Waals surface area contributed by atoms with E-state index in [1.54, 1.807) is 24.5 Å². The van der Waals surface area contributed by atoms with Crippen molar-refractivity contribution >= 4 is 34.4 Å². The molecule has 3 aromatic heterocycles. The number of fused-ring (bicyclic) bond motifs is 3. The number of rotatable bonds is 4. The van der Waals surface area contributed by atoms with Crippen LogP contribution >= 0.6 is 11.6 Å². The summed E-state index contributed by atoms with van der Waals surface area (Å²) in [5, 5.41) is 1.08. The maximum Gasteiger partial charge on any atom is 0.491 e. The van der Waals surface area contributed by atoms with Gasteiger partial charge in [0.05, 0.1) is 11.3 Å². The number of esters is 2. The van der Waals surface area contributed by atoms with E-state index in [2.05, 4.69) is 24.2 Å². The standard InChI is InChI=1S/C25H18ClF3N4O3/c26-21-6-4-16(12-31-21)22-17(2-1-7-30-22)13-32-8-9-33-19(14-32)11-18-10-15(3-5-20(18)33)23(34)36-24(35)25(27,28)29/h1-7,10-12H,8-9,13-14H2. The molecule has 0 spiro atoms. The Morgan fingerprint density at radius 2 is 1.89 bits per heavy atom. The number of carbonyl (C=O) groups excluding carboxylic acids is 2. The summed E-state index contributed by atoms with van der Waals surface area (Å²) in [7, 11) is 0. The van der Waals surface area contributed by atoms with Gasteiger partial charge in [-0.1, -0.05) is 17.7 Å². The van der Waals surface area contributed by atoms with Crippen molar-refractivity contribution in [3.05, 3.63) is 82.9 Å². The van der Waals surface area contributed by atoms with E-state index in [-0.39, 0.29) is 5.56 Å². The van der Waals surface area contributed by atoms with Crippen LogP contribution in [0.15, 0.2) is 60.9 Å². The van der Waals surface area contributed by atoms with Gasteiger partial charge in [-0.25, -0.2) is 14.6 Å². The zero-order chi connectivity index (χ0) is 25.4. The Kier molecular flexibility index (Phi) is 6.23. The fourth-order valence-electron chi connectivity index (χ4n) is 4.32. The number of hydrogen-bond donors (Lipinski definition) is 0. The van der Waals surface area contributed by atoms with E-state index in [1.165, 1.54) is 12.1 Å². The van der Waals surface area contributed by atoms with Crippen LogP contribution < -0.4 is 0 Å². The Morgan fingerprint density at radius 3 is 2.64 bits per heavy atom. The van der Waals surface area contributed by atoms with Crippen LogP contribution in [0.4, 0.5) is 13.2 Å². The Bertz CT molecular complexity index is 1470. The van der Waals surface area contributed by atoms with Crippen molar-refractivity contribution in [1.82, 2.24) is 19.4 Å². The van der Waals surface area contributed by atoms with Crippen LogP contribution in [-0.4, -0.2) is 44.1 Å². The van der Waals surface area contributed by atoms with Crippen LogP contribution in [0.25, 0.3) is 22.2 Å². The first-order valence-electron chi connectivity index (χ1n) is 10.9. The fraction of sp³-hybridized carbons (Fsp3) is 0.200. The van der Waals surface area contributed by atoms with Gasteiger partial charge >= 0.3 is 18.1 Å². The molecule has 1 aromatic carbocycles. The minimum atomic E-state index is -5.24. The van der Waals surface area contributed by atoms with Crippen LogP contribution in [0.3, 0.4) is 0 Å². The molecule has 1 aliphatic rings. The van der Waals surface area contributed by atoms with Crippen LogP contribution in [0, 0.1) is 0 Å². The number of nitrogens with zero attached hydrogens (tertiary/aromatic N) is 4. The van der Waals surface area contributed by atoms with E-state index in [4.69, 9.17) is 11.6 Å². The smallest absolute Gasteiger partial charge is 0.383 e. The first kappa shape index (κ1) is 24.0. The number of hydrogen-bond acceptors (Lipinski definition) is 6. The molecule has 4 heterocycles. The molecule has 11 heteroatoms. The zero-order valence-corrected chi connectivity index (χ0v) is 19.4. The molecule has 0 N–H and O–H groups in total. The number of pyridine rings is 2. The van der Waals surface area contributed by atoms with Crippen LogP contribution in [0.2, 0.25) is 5.15 Å². The van der Waals surface area contributed by atoms with E-state index in [0.29, 0.717) is 30.2 Å². The van der Waals surface area contributed by atoms with Crippen molar-refractivity contribution in [2.24, 2.45) is 0 Å². The van der Waals surface area contributed by atoms with Gasteiger partial charge in [-0.2, -0.15) is 13.2 Å². The molecule has 0 amide bonds. The van der Waals surface area contributed by atoms with Gasteiger partial charge in [-0.05, 0) is 48.0 Å². The zero-order valence-electron chi connectivity index (χ0n) is 18.6. The summed E-state index contributed by atoms with van der Waals surface area (Å²) in [6.45, 7) is 2.71. The molecule has 184 valence electrons. The van der Waals surface area contributed by atoms with Crippen LogP contribution in [-0.2, 0) is 29.2 Å². The predicted octanol–water partition coefficient (Wildman–Crippen LogP) is 5.01. The van der Waals surface area contributed by atoms with Crippen molar-refractivity contribution in [2.75, 3.05) is 6.54 Å². The highest BCUT2D eigenvalue weighted by molar-refractivity contribution is 6.29. The van der Waals surface area contributed by atoms with Crippen LogP contribution in [0.5, 0.6) is 0 Å². The lowest BCUT2D eigenvalue weighted by molar-refractivity contribution is -0.193. The lowest BCUT2D eigenvalue weighted by Gasteiger charge is -2.29. The van der Waals surface area contributed by atoms with Crippen molar-refractivity contribution in [1.29, 1.82) is 0 Å². The molecule has 7 nitrogen and oxygen atoms in total. The number of alkyl halides is 3. The average Bonchev–Trinajstić information content (AvgIpc) is 3.21. The summed E-state index contributed by atoms with van der Waals surface area (Å²) >= 11 is 5.92. The summed E-state index contributed by atoms with van der Waals surface area (Å²) in [5.41, 5.74) is 4.43. The first-order chi connectivity index (χ1) is 17.2. The van der Waals surface area contributed by atoms with Crippen molar-refractivity contribution < 1.29 is 27.5 Å². The topological polar surface area (TPSA) is 77.3 Å². The number of ether oxygens (including phenoxy) is 1. The SMILES string of the molecule is O=C(OC(=O)C(F)(F)F)c1ccc2c(c1)cc1n2CCN(Cc2cccnc2-c2ccc(Cl)nc2)C1. The highest BCUT2D eigenvalue weighted by Crippen LogP contribution is 2.28. The van der Waals surface area contributed by atoms with Gasteiger partial charge < -0.3 is 9.30 Å². The van der Waals surface area contributed by atoms with Gasteiger partial charge in [-0.3, -0.25) is 9.88 Å². The molecule has 0 fully saturated rings. The third-order valence-electron chi connectivity index (χ3n) is 5.95. The first-order valence-corrected chi connectivity index (χ1v) is 11.3. The molecule has 4 aromatic rings. The summed E-state index contributed by atoms with van der Waals surface area (Å²) in [6, 6.07) is 13.8. The quantitative estimate of drug-likeness (QED) is 0.216. The molecule has 0 atom stereocenters. The van der Waals surface area contributed by atoms with Gasteiger partial charge in [0.25, 0.3) is 0 Å². The minimum Gasteiger partial charge on any atom is -0.383 e. The molecule has 0 aliphatic carbocycles. The monoisotopic (exact) mass is 514 g/mol. The Morgan fingerprint density at radius 1 is 1.06 bits per heavy atom. The molecule has 0 saturated heterocycles. The second-order valence-corrected chi connectivity index (χ2v) is 8.71. The summed E-state index contributed by atoms with van der Waals surface area (Å²) < 4.78 is 43.3. The highest BCUT2D eigenvalue weighted by atomic mass is 35.5. The molecule has 1 aliphatic heterocycles. The minimum absolute atomic E-state index is 0.128. The van der Waals surface area contributed by atoms with E-state index < -0.39 is 18.1 Å². The highest BCUT2D eigenvalue weighted by Gasteiger charge is 2.42. The molecule has 5 rings (SSSR count). The van der Waals surface area contributed by atoms with Crippen LogP contribution in [0.1, 0.15) is 21.6 Å². The van der Waals surface area contributed by atoms with Crippen molar-refractivity contribution in [3.63, 3.8) is 0 Å². The lowest BCUT2D eigenvalue weighted by atomic mass is 10.1. The number of carbonyl (C=O) groups is 2. The normalized spacial score (nSPS) is 14.0. The van der Waals surface area contributed by atoms with Crippen molar-refractivity contribution in [3.8, 4) is 11.3 Å². The fourth-order valence-corrected chi connectivity index (χ4v) is 4.43. The molecular weight excluding hydrogens is 497 g/mol. The van der Waals surface area contributed by atoms with E-state index >= 15 is 0 Å².